The van der Waals surface area contributed by atoms with Crippen LogP contribution in [0, 0.1) is 0 Å². The van der Waals surface area contributed by atoms with Crippen LogP contribution in [0.3, 0.4) is 0 Å². The Labute approximate surface area is 156 Å². The van der Waals surface area contributed by atoms with E-state index in [1.807, 2.05) is 23.1 Å². The van der Waals surface area contributed by atoms with Gasteiger partial charge in [-0.15, -0.1) is 0 Å². The molecular weight excluding hydrogens is 330 g/mol. The Hall–Kier alpha value is -2.08. The van der Waals surface area contributed by atoms with Crippen molar-refractivity contribution in [2.75, 3.05) is 13.1 Å². The normalized spacial score (nSPS) is 18.9. The quantitative estimate of drug-likeness (QED) is 0.846. The Kier molecular flexibility index (Phi) is 7.03. The van der Waals surface area contributed by atoms with Crippen LogP contribution in [0.2, 0.25) is 0 Å². The number of likely N-dealkylation sites (tertiary alicyclic amines) is 1. The molecule has 1 saturated heterocycles. The fourth-order valence-corrected chi connectivity index (χ4v) is 3.02. The van der Waals surface area contributed by atoms with Crippen LogP contribution in [0.1, 0.15) is 46.1 Å². The Balaban J connectivity index is 1.81. The van der Waals surface area contributed by atoms with E-state index in [1.54, 1.807) is 27.7 Å². The van der Waals surface area contributed by atoms with E-state index in [0.717, 1.165) is 25.9 Å². The summed E-state index contributed by atoms with van der Waals surface area (Å²) in [6, 6.07) is 9.90. The number of amides is 2. The lowest BCUT2D eigenvalue weighted by Gasteiger charge is -2.35. The van der Waals surface area contributed by atoms with E-state index in [1.165, 1.54) is 5.56 Å². The largest absolute Gasteiger partial charge is 0.444 e. The number of nitrogens with zero attached hydrogens (tertiary/aromatic N) is 1. The second-order valence-electron chi connectivity index (χ2n) is 7.86. The maximum absolute atomic E-state index is 12.6. The van der Waals surface area contributed by atoms with Crippen LogP contribution in [0.5, 0.6) is 0 Å². The Morgan fingerprint density at radius 1 is 1.27 bits per heavy atom. The van der Waals surface area contributed by atoms with Gasteiger partial charge in [-0.1, -0.05) is 30.3 Å². The molecule has 0 radical (unpaired) electrons. The summed E-state index contributed by atoms with van der Waals surface area (Å²) in [7, 11) is 0. The van der Waals surface area contributed by atoms with Crippen LogP contribution < -0.4 is 10.6 Å². The molecule has 1 aromatic carbocycles. The molecule has 0 unspecified atom stereocenters. The van der Waals surface area contributed by atoms with Gasteiger partial charge in [-0.3, -0.25) is 4.79 Å². The van der Waals surface area contributed by atoms with E-state index in [0.29, 0.717) is 6.54 Å². The van der Waals surface area contributed by atoms with Crippen LogP contribution in [-0.4, -0.2) is 47.7 Å². The molecule has 0 saturated carbocycles. The fourth-order valence-electron chi connectivity index (χ4n) is 3.02. The van der Waals surface area contributed by atoms with Gasteiger partial charge in [-0.2, -0.15) is 0 Å². The molecule has 2 amide bonds. The Morgan fingerprint density at radius 3 is 2.62 bits per heavy atom. The first-order valence-electron chi connectivity index (χ1n) is 9.30. The molecule has 0 bridgehead atoms. The highest BCUT2D eigenvalue weighted by Crippen LogP contribution is 2.13. The van der Waals surface area contributed by atoms with Gasteiger partial charge in [0.15, 0.2) is 0 Å². The van der Waals surface area contributed by atoms with Gasteiger partial charge in [0.05, 0.1) is 0 Å². The minimum absolute atomic E-state index is 0.0675. The SMILES string of the molecule is C[C@@H](NC(=O)OC(C)(C)C)C(=O)N1CCC[C@@H](NCc2ccccc2)C1. The van der Waals surface area contributed by atoms with Crippen molar-refractivity contribution in [1.82, 2.24) is 15.5 Å². The number of hydrogen-bond acceptors (Lipinski definition) is 4. The van der Waals surface area contributed by atoms with E-state index < -0.39 is 17.7 Å². The molecule has 1 aliphatic heterocycles. The van der Waals surface area contributed by atoms with Gasteiger partial charge in [0, 0.05) is 25.7 Å². The number of carbonyl (C=O) groups is 2. The molecule has 26 heavy (non-hydrogen) atoms. The first kappa shape index (κ1) is 20.2. The van der Waals surface area contributed by atoms with Crippen LogP contribution in [0.15, 0.2) is 30.3 Å². The van der Waals surface area contributed by atoms with Crippen LogP contribution in [-0.2, 0) is 16.1 Å². The summed E-state index contributed by atoms with van der Waals surface area (Å²) in [5, 5.41) is 6.16. The summed E-state index contributed by atoms with van der Waals surface area (Å²) >= 11 is 0. The third-order valence-corrected chi connectivity index (χ3v) is 4.27. The highest BCUT2D eigenvalue weighted by Gasteiger charge is 2.28. The molecule has 2 rings (SSSR count). The van der Waals surface area contributed by atoms with E-state index >= 15 is 0 Å². The fraction of sp³-hybridized carbons (Fsp3) is 0.600. The number of piperidine rings is 1. The third kappa shape index (κ3) is 6.67. The minimum atomic E-state index is -0.599. The molecule has 1 aromatic rings. The third-order valence-electron chi connectivity index (χ3n) is 4.27. The maximum atomic E-state index is 12.6. The molecule has 1 fully saturated rings. The van der Waals surface area contributed by atoms with E-state index in [2.05, 4.69) is 22.8 Å². The second-order valence-corrected chi connectivity index (χ2v) is 7.86. The van der Waals surface area contributed by atoms with E-state index in [-0.39, 0.29) is 11.9 Å². The average molecular weight is 361 g/mol. The Morgan fingerprint density at radius 2 is 1.96 bits per heavy atom. The molecular formula is C20H31N3O3. The number of nitrogens with one attached hydrogen (secondary N) is 2. The molecule has 2 atom stereocenters. The van der Waals surface area contributed by atoms with Crippen molar-refractivity contribution in [2.24, 2.45) is 0 Å². The summed E-state index contributed by atoms with van der Waals surface area (Å²) in [6.45, 7) is 9.27. The van der Waals surface area contributed by atoms with Crippen molar-refractivity contribution in [1.29, 1.82) is 0 Å². The molecule has 0 spiro atoms. The van der Waals surface area contributed by atoms with Crippen molar-refractivity contribution >= 4 is 12.0 Å². The number of hydrogen-bond donors (Lipinski definition) is 2. The molecule has 0 aliphatic carbocycles. The number of rotatable bonds is 5. The van der Waals surface area contributed by atoms with E-state index in [9.17, 15) is 9.59 Å². The molecule has 6 nitrogen and oxygen atoms in total. The second kappa shape index (κ2) is 9.03. The molecule has 6 heteroatoms. The summed E-state index contributed by atoms with van der Waals surface area (Å²) in [5.74, 6) is -0.0675. The predicted molar refractivity (Wildman–Crippen MR) is 102 cm³/mol. The smallest absolute Gasteiger partial charge is 0.408 e. The predicted octanol–water partition coefficient (Wildman–Crippen LogP) is 2.68. The summed E-state index contributed by atoms with van der Waals surface area (Å²) in [5.41, 5.74) is 0.653. The number of benzene rings is 1. The van der Waals surface area contributed by atoms with Crippen molar-refractivity contribution in [2.45, 2.75) is 64.8 Å². The maximum Gasteiger partial charge on any atom is 0.408 e. The number of ether oxygens (including phenoxy) is 1. The van der Waals surface area contributed by atoms with E-state index in [4.69, 9.17) is 4.74 Å². The highest BCUT2D eigenvalue weighted by molar-refractivity contribution is 5.85. The van der Waals surface area contributed by atoms with Gasteiger partial charge >= 0.3 is 6.09 Å². The zero-order valence-corrected chi connectivity index (χ0v) is 16.2. The summed E-state index contributed by atoms with van der Waals surface area (Å²) in [4.78, 5) is 26.3. The zero-order valence-electron chi connectivity index (χ0n) is 16.2. The minimum Gasteiger partial charge on any atom is -0.444 e. The topological polar surface area (TPSA) is 70.7 Å². The molecule has 2 N–H and O–H groups in total. The van der Waals surface area contributed by atoms with Crippen LogP contribution in [0.25, 0.3) is 0 Å². The molecule has 144 valence electrons. The molecule has 1 heterocycles. The van der Waals surface area contributed by atoms with Crippen LogP contribution in [0.4, 0.5) is 4.79 Å². The lowest BCUT2D eigenvalue weighted by molar-refractivity contribution is -0.134. The Bertz CT molecular complexity index is 598. The summed E-state index contributed by atoms with van der Waals surface area (Å²) < 4.78 is 5.22. The van der Waals surface area contributed by atoms with Crippen molar-refractivity contribution in [3.63, 3.8) is 0 Å². The molecule has 1 aliphatic rings. The first-order valence-corrected chi connectivity index (χ1v) is 9.30. The molecule has 0 aromatic heterocycles. The lowest BCUT2D eigenvalue weighted by atomic mass is 10.0. The standard InChI is InChI=1S/C20H31N3O3/c1-15(22-19(25)26-20(2,3)4)18(24)23-12-8-11-17(14-23)21-13-16-9-6-5-7-10-16/h5-7,9-10,15,17,21H,8,11-14H2,1-4H3,(H,22,25)/t15-,17-/m1/s1. The van der Waals surface area contributed by atoms with Gasteiger partial charge in [-0.05, 0) is 46.1 Å². The van der Waals surface area contributed by atoms with Gasteiger partial charge in [-0.25, -0.2) is 4.79 Å². The first-order chi connectivity index (χ1) is 12.2. The number of alkyl carbamates (subject to hydrolysis) is 1. The monoisotopic (exact) mass is 361 g/mol. The zero-order chi connectivity index (χ0) is 19.2. The summed E-state index contributed by atoms with van der Waals surface area (Å²) in [6.07, 6.45) is 1.44. The van der Waals surface area contributed by atoms with Crippen molar-refractivity contribution < 1.29 is 14.3 Å². The highest BCUT2D eigenvalue weighted by atomic mass is 16.6. The van der Waals surface area contributed by atoms with Gasteiger partial charge in [0.1, 0.15) is 11.6 Å². The van der Waals surface area contributed by atoms with Gasteiger partial charge < -0.3 is 20.3 Å². The van der Waals surface area contributed by atoms with Gasteiger partial charge in [0.25, 0.3) is 0 Å². The number of carbonyl (C=O) groups excluding carboxylic acids is 2. The van der Waals surface area contributed by atoms with Gasteiger partial charge in [0.2, 0.25) is 5.91 Å². The van der Waals surface area contributed by atoms with Crippen molar-refractivity contribution in [3.8, 4) is 0 Å². The van der Waals surface area contributed by atoms with Crippen molar-refractivity contribution in [3.05, 3.63) is 35.9 Å². The van der Waals surface area contributed by atoms with Crippen LogP contribution >= 0.6 is 0 Å². The lowest BCUT2D eigenvalue weighted by Crippen LogP contribution is -2.53. The average Bonchev–Trinajstić information content (AvgIpc) is 2.58.